The molecule has 0 aromatic heterocycles. The maximum absolute atomic E-state index is 12.5. The molecule has 0 aliphatic carbocycles. The van der Waals surface area contributed by atoms with Crippen molar-refractivity contribution in [1.82, 2.24) is 9.44 Å². The van der Waals surface area contributed by atoms with Crippen LogP contribution in [0.25, 0.3) is 0 Å². The van der Waals surface area contributed by atoms with Crippen molar-refractivity contribution < 1.29 is 26.3 Å². The summed E-state index contributed by atoms with van der Waals surface area (Å²) in [5, 5.41) is 0. The molecule has 2 aromatic rings. The van der Waals surface area contributed by atoms with Crippen molar-refractivity contribution in [3.63, 3.8) is 0 Å². The molecule has 2 rings (SSSR count). The predicted octanol–water partition coefficient (Wildman–Crippen LogP) is 1.91. The van der Waals surface area contributed by atoms with Gasteiger partial charge in [-0.25, -0.2) is 26.3 Å². The van der Waals surface area contributed by atoms with Gasteiger partial charge in [-0.1, -0.05) is 12.1 Å². The molecule has 29 heavy (non-hydrogen) atoms. The van der Waals surface area contributed by atoms with E-state index in [1.165, 1.54) is 44.6 Å². The Morgan fingerprint density at radius 1 is 0.828 bits per heavy atom. The first kappa shape index (κ1) is 23.1. The lowest BCUT2D eigenvalue weighted by Crippen LogP contribution is -2.30. The maximum atomic E-state index is 12.5. The average molecular weight is 443 g/mol. The molecule has 0 atom stereocenters. The predicted molar refractivity (Wildman–Crippen MR) is 110 cm³/mol. The molecular weight excluding hydrogens is 416 g/mol. The summed E-state index contributed by atoms with van der Waals surface area (Å²) in [6.07, 6.45) is 0.407. The molecule has 8 nitrogen and oxygen atoms in total. The van der Waals surface area contributed by atoms with E-state index in [1.807, 2.05) is 0 Å². The van der Waals surface area contributed by atoms with Gasteiger partial charge in [-0.2, -0.15) is 0 Å². The highest BCUT2D eigenvalue weighted by atomic mass is 32.2. The lowest BCUT2D eigenvalue weighted by atomic mass is 10.2. The third-order valence-electron chi connectivity index (χ3n) is 4.00. The Morgan fingerprint density at radius 2 is 1.41 bits per heavy atom. The van der Waals surface area contributed by atoms with E-state index >= 15 is 0 Å². The molecule has 0 fully saturated rings. The van der Waals surface area contributed by atoms with Crippen molar-refractivity contribution in [2.45, 2.75) is 36.1 Å². The summed E-state index contributed by atoms with van der Waals surface area (Å²) < 4.78 is 64.5. The second-order valence-corrected chi connectivity index (χ2v) is 10.1. The van der Waals surface area contributed by atoms with Gasteiger partial charge < -0.3 is 9.47 Å². The Kier molecular flexibility index (Phi) is 7.64. The van der Waals surface area contributed by atoms with Gasteiger partial charge >= 0.3 is 0 Å². The van der Waals surface area contributed by atoms with Crippen molar-refractivity contribution in [2.75, 3.05) is 20.8 Å². The van der Waals surface area contributed by atoms with Gasteiger partial charge in [0.2, 0.25) is 20.0 Å². The summed E-state index contributed by atoms with van der Waals surface area (Å²) in [5.74, 6) is 0.760. The first-order valence-electron chi connectivity index (χ1n) is 8.92. The SMILES string of the molecule is COc1ccc(S(=O)(=O)NCCc2ccc(S(=O)(=O)NC(C)C)cc2)cc1OC. The second kappa shape index (κ2) is 9.57. The lowest BCUT2D eigenvalue weighted by molar-refractivity contribution is 0.354. The average Bonchev–Trinajstić information content (AvgIpc) is 2.66. The number of sulfonamides is 2. The highest BCUT2D eigenvalue weighted by molar-refractivity contribution is 7.89. The van der Waals surface area contributed by atoms with Gasteiger partial charge in [0.1, 0.15) is 0 Å². The number of hydrogen-bond donors (Lipinski definition) is 2. The number of ether oxygens (including phenoxy) is 2. The fraction of sp³-hybridized carbons (Fsp3) is 0.368. The largest absolute Gasteiger partial charge is 0.493 e. The zero-order chi connectivity index (χ0) is 21.7. The zero-order valence-corrected chi connectivity index (χ0v) is 18.4. The molecule has 0 bridgehead atoms. The van der Waals surface area contributed by atoms with E-state index in [4.69, 9.17) is 9.47 Å². The molecule has 0 unspecified atom stereocenters. The number of benzene rings is 2. The molecule has 0 saturated heterocycles. The van der Waals surface area contributed by atoms with E-state index in [0.717, 1.165) is 5.56 Å². The second-order valence-electron chi connectivity index (χ2n) is 6.58. The maximum Gasteiger partial charge on any atom is 0.240 e. The fourth-order valence-electron chi connectivity index (χ4n) is 2.61. The first-order valence-corrected chi connectivity index (χ1v) is 11.9. The third-order valence-corrected chi connectivity index (χ3v) is 7.13. The summed E-state index contributed by atoms with van der Waals surface area (Å²) in [5.41, 5.74) is 0.809. The van der Waals surface area contributed by atoms with Crippen LogP contribution < -0.4 is 18.9 Å². The molecule has 0 aliphatic rings. The Hall–Kier alpha value is -2.14. The van der Waals surface area contributed by atoms with Gasteiger partial charge in [0.15, 0.2) is 11.5 Å². The normalized spacial score (nSPS) is 12.2. The number of hydrogen-bond acceptors (Lipinski definition) is 6. The van der Waals surface area contributed by atoms with Crippen LogP contribution in [0.4, 0.5) is 0 Å². The Morgan fingerprint density at radius 3 is 1.97 bits per heavy atom. The summed E-state index contributed by atoms with van der Waals surface area (Å²) in [4.78, 5) is 0.234. The minimum atomic E-state index is -3.72. The lowest BCUT2D eigenvalue weighted by Gasteiger charge is -2.11. The summed E-state index contributed by atoms with van der Waals surface area (Å²) in [6, 6.07) is 10.5. The molecule has 10 heteroatoms. The number of nitrogens with one attached hydrogen (secondary N) is 2. The van der Waals surface area contributed by atoms with Crippen LogP contribution in [0.2, 0.25) is 0 Å². The van der Waals surface area contributed by atoms with E-state index in [1.54, 1.807) is 26.0 Å². The van der Waals surface area contributed by atoms with Crippen molar-refractivity contribution in [2.24, 2.45) is 0 Å². The van der Waals surface area contributed by atoms with E-state index < -0.39 is 20.0 Å². The highest BCUT2D eigenvalue weighted by Crippen LogP contribution is 2.29. The minimum absolute atomic E-state index is 0.0661. The topological polar surface area (TPSA) is 111 Å². The molecule has 0 amide bonds. The molecule has 0 radical (unpaired) electrons. The fourth-order valence-corrected chi connectivity index (χ4v) is 4.91. The van der Waals surface area contributed by atoms with Gasteiger partial charge in [0.25, 0.3) is 0 Å². The zero-order valence-electron chi connectivity index (χ0n) is 16.8. The van der Waals surface area contributed by atoms with Crippen LogP contribution in [0.1, 0.15) is 19.4 Å². The molecule has 0 aliphatic heterocycles. The van der Waals surface area contributed by atoms with Crippen LogP contribution >= 0.6 is 0 Å². The van der Waals surface area contributed by atoms with Gasteiger partial charge in [0.05, 0.1) is 24.0 Å². The van der Waals surface area contributed by atoms with E-state index in [9.17, 15) is 16.8 Å². The summed E-state index contributed by atoms with van der Waals surface area (Å²) in [6.45, 7) is 3.65. The molecular formula is C19H26N2O6S2. The van der Waals surface area contributed by atoms with Crippen molar-refractivity contribution in [1.29, 1.82) is 0 Å². The van der Waals surface area contributed by atoms with Crippen LogP contribution in [0, 0.1) is 0 Å². The minimum Gasteiger partial charge on any atom is -0.493 e. The van der Waals surface area contributed by atoms with Gasteiger partial charge in [-0.05, 0) is 50.1 Å². The van der Waals surface area contributed by atoms with Crippen LogP contribution in [-0.2, 0) is 26.5 Å². The molecule has 0 spiro atoms. The number of rotatable bonds is 10. The van der Waals surface area contributed by atoms with E-state index in [2.05, 4.69) is 9.44 Å². The molecule has 0 saturated carbocycles. The Bertz CT molecular complexity index is 1030. The third kappa shape index (κ3) is 6.17. The van der Waals surface area contributed by atoms with E-state index in [-0.39, 0.29) is 22.4 Å². The smallest absolute Gasteiger partial charge is 0.240 e. The van der Waals surface area contributed by atoms with Gasteiger partial charge in [0, 0.05) is 18.7 Å². The van der Waals surface area contributed by atoms with Crippen molar-refractivity contribution in [3.8, 4) is 11.5 Å². The first-order chi connectivity index (χ1) is 13.6. The van der Waals surface area contributed by atoms with Gasteiger partial charge in [-0.3, -0.25) is 0 Å². The van der Waals surface area contributed by atoms with Gasteiger partial charge in [-0.15, -0.1) is 0 Å². The molecule has 160 valence electrons. The van der Waals surface area contributed by atoms with E-state index in [0.29, 0.717) is 17.9 Å². The Labute approximate surface area is 172 Å². The monoisotopic (exact) mass is 442 g/mol. The Balaban J connectivity index is 2.02. The highest BCUT2D eigenvalue weighted by Gasteiger charge is 2.17. The van der Waals surface area contributed by atoms with Crippen molar-refractivity contribution >= 4 is 20.0 Å². The van der Waals surface area contributed by atoms with Crippen LogP contribution in [0.15, 0.2) is 52.3 Å². The van der Waals surface area contributed by atoms with Crippen LogP contribution in [0.5, 0.6) is 11.5 Å². The summed E-state index contributed by atoms with van der Waals surface area (Å²) >= 11 is 0. The van der Waals surface area contributed by atoms with Crippen molar-refractivity contribution in [3.05, 3.63) is 48.0 Å². The summed E-state index contributed by atoms with van der Waals surface area (Å²) in [7, 11) is -4.37. The molecule has 2 N–H and O–H groups in total. The standard InChI is InChI=1S/C19H26N2O6S2/c1-14(2)21-29(24,25)16-7-5-15(6-8-16)11-12-20-28(22,23)17-9-10-18(26-3)19(13-17)27-4/h5-10,13-14,20-21H,11-12H2,1-4H3. The quantitative estimate of drug-likeness (QED) is 0.582. The molecule has 2 aromatic carbocycles. The van der Waals surface area contributed by atoms with Crippen LogP contribution in [0.3, 0.4) is 0 Å². The molecule has 0 heterocycles. The number of methoxy groups -OCH3 is 2. The van der Waals surface area contributed by atoms with Crippen LogP contribution in [-0.4, -0.2) is 43.6 Å².